The normalized spacial score (nSPS) is 22.6. The fourth-order valence-corrected chi connectivity index (χ4v) is 5.45. The molecule has 8 heteroatoms. The van der Waals surface area contributed by atoms with E-state index in [1.807, 2.05) is 35.8 Å². The summed E-state index contributed by atoms with van der Waals surface area (Å²) in [5, 5.41) is 15.4. The van der Waals surface area contributed by atoms with Gasteiger partial charge in [-0.2, -0.15) is 0 Å². The molecule has 1 aromatic heterocycles. The minimum absolute atomic E-state index is 0.0763. The molecule has 2 aromatic rings. The maximum Gasteiger partial charge on any atom is 0.230 e. The highest BCUT2D eigenvalue weighted by atomic mass is 32.2. The summed E-state index contributed by atoms with van der Waals surface area (Å²) in [6, 6.07) is 7.90. The average molecular weight is 414 g/mol. The standard InChI is InChI=1S/C21H27N5O2S/c1-3-26-20(16-5-4-6-17(11-16)22-13(2)27)24-25-21(26)29-12-19(28)23-18-10-14-7-8-15(18)9-14/h4-6,11,14-15,18H,3,7-10,12H2,1-2H3,(H,22,27)(H,23,28)/t14-,15+,18+/m0/s1. The summed E-state index contributed by atoms with van der Waals surface area (Å²) in [6.07, 6.45) is 5.01. The fraction of sp³-hybridized carbons (Fsp3) is 0.524. The highest BCUT2D eigenvalue weighted by Crippen LogP contribution is 2.44. The van der Waals surface area contributed by atoms with Crippen LogP contribution in [-0.2, 0) is 16.1 Å². The minimum atomic E-state index is -0.114. The minimum Gasteiger partial charge on any atom is -0.352 e. The van der Waals surface area contributed by atoms with Gasteiger partial charge in [0.1, 0.15) is 0 Å². The van der Waals surface area contributed by atoms with Gasteiger partial charge in [0.05, 0.1) is 5.75 Å². The monoisotopic (exact) mass is 413 g/mol. The number of carbonyl (C=O) groups is 2. The van der Waals surface area contributed by atoms with Gasteiger partial charge in [0.2, 0.25) is 11.8 Å². The van der Waals surface area contributed by atoms with Crippen molar-refractivity contribution in [3.63, 3.8) is 0 Å². The summed E-state index contributed by atoms with van der Waals surface area (Å²) in [6.45, 7) is 4.21. The maximum atomic E-state index is 12.4. The lowest BCUT2D eigenvalue weighted by molar-refractivity contribution is -0.119. The molecule has 2 aliphatic rings. The number of aromatic nitrogens is 3. The quantitative estimate of drug-likeness (QED) is 0.680. The Morgan fingerprint density at radius 3 is 2.79 bits per heavy atom. The zero-order chi connectivity index (χ0) is 20.4. The van der Waals surface area contributed by atoms with Gasteiger partial charge in [-0.05, 0) is 50.2 Å². The number of nitrogens with zero attached hydrogens (tertiary/aromatic N) is 3. The van der Waals surface area contributed by atoms with E-state index in [0.29, 0.717) is 24.3 Å². The van der Waals surface area contributed by atoms with Crippen molar-refractivity contribution in [2.45, 2.75) is 57.3 Å². The molecule has 0 unspecified atom stereocenters. The molecule has 4 rings (SSSR count). The smallest absolute Gasteiger partial charge is 0.230 e. The van der Waals surface area contributed by atoms with Gasteiger partial charge >= 0.3 is 0 Å². The van der Waals surface area contributed by atoms with Crippen LogP contribution in [0.2, 0.25) is 0 Å². The van der Waals surface area contributed by atoms with Crippen molar-refractivity contribution in [2.24, 2.45) is 11.8 Å². The first-order valence-corrected chi connectivity index (χ1v) is 11.3. The summed E-state index contributed by atoms with van der Waals surface area (Å²) in [5.41, 5.74) is 1.60. The zero-order valence-electron chi connectivity index (χ0n) is 16.9. The van der Waals surface area contributed by atoms with E-state index in [1.165, 1.54) is 37.9 Å². The zero-order valence-corrected chi connectivity index (χ0v) is 17.7. The van der Waals surface area contributed by atoms with E-state index in [1.54, 1.807) is 0 Å². The number of nitrogens with one attached hydrogen (secondary N) is 2. The van der Waals surface area contributed by atoms with Gasteiger partial charge in [0.25, 0.3) is 0 Å². The summed E-state index contributed by atoms with van der Waals surface area (Å²) in [7, 11) is 0. The van der Waals surface area contributed by atoms with E-state index in [9.17, 15) is 9.59 Å². The van der Waals surface area contributed by atoms with Crippen molar-refractivity contribution < 1.29 is 9.59 Å². The Morgan fingerprint density at radius 2 is 2.10 bits per heavy atom. The molecule has 0 radical (unpaired) electrons. The molecular weight excluding hydrogens is 386 g/mol. The lowest BCUT2D eigenvalue weighted by Crippen LogP contribution is -2.39. The lowest BCUT2D eigenvalue weighted by atomic mass is 9.95. The van der Waals surface area contributed by atoms with Crippen LogP contribution >= 0.6 is 11.8 Å². The molecular formula is C21H27N5O2S. The summed E-state index contributed by atoms with van der Waals surface area (Å²) in [5.74, 6) is 2.53. The number of thioether (sulfide) groups is 1. The highest BCUT2D eigenvalue weighted by Gasteiger charge is 2.40. The van der Waals surface area contributed by atoms with E-state index in [2.05, 4.69) is 20.8 Å². The Labute approximate surface area is 175 Å². The van der Waals surface area contributed by atoms with Gasteiger partial charge < -0.3 is 15.2 Å². The summed E-state index contributed by atoms with van der Waals surface area (Å²) >= 11 is 1.42. The number of fused-ring (bicyclic) bond motifs is 2. The second-order valence-electron chi connectivity index (χ2n) is 7.95. The second-order valence-corrected chi connectivity index (χ2v) is 8.89. The molecule has 0 spiro atoms. The maximum absolute atomic E-state index is 12.4. The molecule has 2 N–H and O–H groups in total. The number of hydrogen-bond acceptors (Lipinski definition) is 5. The third-order valence-electron chi connectivity index (χ3n) is 5.89. The van der Waals surface area contributed by atoms with Crippen LogP contribution in [0.4, 0.5) is 5.69 Å². The van der Waals surface area contributed by atoms with Crippen molar-refractivity contribution >= 4 is 29.3 Å². The largest absolute Gasteiger partial charge is 0.352 e. The molecule has 3 atom stereocenters. The SMILES string of the molecule is CCn1c(SCC(=O)N[C@@H]2C[C@H]3CC[C@@H]2C3)nnc1-c1cccc(NC(C)=O)c1. The Balaban J connectivity index is 1.41. The Kier molecular flexibility index (Phi) is 5.89. The Morgan fingerprint density at radius 1 is 1.24 bits per heavy atom. The molecule has 2 amide bonds. The lowest BCUT2D eigenvalue weighted by Gasteiger charge is -2.22. The molecule has 1 heterocycles. The molecule has 29 heavy (non-hydrogen) atoms. The first-order valence-electron chi connectivity index (χ1n) is 10.3. The summed E-state index contributed by atoms with van der Waals surface area (Å²) in [4.78, 5) is 23.8. The molecule has 2 bridgehead atoms. The van der Waals surface area contributed by atoms with Gasteiger partial charge in [0, 0.05) is 30.8 Å². The second kappa shape index (κ2) is 8.57. The van der Waals surface area contributed by atoms with Crippen LogP contribution in [0.25, 0.3) is 11.4 Å². The number of hydrogen-bond donors (Lipinski definition) is 2. The summed E-state index contributed by atoms with van der Waals surface area (Å²) < 4.78 is 2.00. The highest BCUT2D eigenvalue weighted by molar-refractivity contribution is 7.99. The van der Waals surface area contributed by atoms with Gasteiger partial charge in [-0.25, -0.2) is 0 Å². The van der Waals surface area contributed by atoms with Crippen LogP contribution in [0.15, 0.2) is 29.4 Å². The van der Waals surface area contributed by atoms with Crippen LogP contribution in [0.5, 0.6) is 0 Å². The molecule has 1 aromatic carbocycles. The van der Waals surface area contributed by atoms with Gasteiger partial charge in [-0.3, -0.25) is 9.59 Å². The molecule has 2 fully saturated rings. The van der Waals surface area contributed by atoms with E-state index >= 15 is 0 Å². The van der Waals surface area contributed by atoms with Crippen LogP contribution in [-0.4, -0.2) is 38.4 Å². The molecule has 2 aliphatic carbocycles. The van der Waals surface area contributed by atoms with Crippen molar-refractivity contribution in [3.05, 3.63) is 24.3 Å². The molecule has 0 saturated heterocycles. The Bertz CT molecular complexity index is 912. The van der Waals surface area contributed by atoms with Gasteiger partial charge in [-0.15, -0.1) is 10.2 Å². The van der Waals surface area contributed by atoms with E-state index in [4.69, 9.17) is 0 Å². The van der Waals surface area contributed by atoms with Gasteiger partial charge in [-0.1, -0.05) is 30.3 Å². The molecule has 154 valence electrons. The predicted octanol–water partition coefficient (Wildman–Crippen LogP) is 3.32. The number of benzene rings is 1. The molecule has 7 nitrogen and oxygen atoms in total. The van der Waals surface area contributed by atoms with E-state index < -0.39 is 0 Å². The third-order valence-corrected chi connectivity index (χ3v) is 6.86. The van der Waals surface area contributed by atoms with Crippen molar-refractivity contribution in [1.29, 1.82) is 0 Å². The average Bonchev–Trinajstić information content (AvgIpc) is 3.41. The topological polar surface area (TPSA) is 88.9 Å². The fourth-order valence-electron chi connectivity index (χ4n) is 4.63. The molecule has 0 aliphatic heterocycles. The molecule has 2 saturated carbocycles. The third kappa shape index (κ3) is 4.47. The first-order chi connectivity index (χ1) is 14.0. The van der Waals surface area contributed by atoms with E-state index in [-0.39, 0.29) is 11.8 Å². The number of amides is 2. The van der Waals surface area contributed by atoms with Crippen molar-refractivity contribution in [3.8, 4) is 11.4 Å². The number of carbonyl (C=O) groups excluding carboxylic acids is 2. The first kappa shape index (κ1) is 19.9. The Hall–Kier alpha value is -2.35. The van der Waals surface area contributed by atoms with Crippen LogP contribution in [0.3, 0.4) is 0 Å². The van der Waals surface area contributed by atoms with Crippen molar-refractivity contribution in [2.75, 3.05) is 11.1 Å². The van der Waals surface area contributed by atoms with Crippen molar-refractivity contribution in [1.82, 2.24) is 20.1 Å². The number of anilines is 1. The van der Waals surface area contributed by atoms with E-state index in [0.717, 1.165) is 34.6 Å². The number of rotatable bonds is 7. The van der Waals surface area contributed by atoms with Gasteiger partial charge in [0.15, 0.2) is 11.0 Å². The van der Waals surface area contributed by atoms with Crippen LogP contribution < -0.4 is 10.6 Å². The van der Waals surface area contributed by atoms with Crippen LogP contribution in [0.1, 0.15) is 39.5 Å². The predicted molar refractivity (Wildman–Crippen MR) is 114 cm³/mol. The van der Waals surface area contributed by atoms with Crippen LogP contribution in [0, 0.1) is 11.8 Å².